The molecule has 18 heavy (non-hydrogen) atoms. The minimum atomic E-state index is 0.366. The lowest BCUT2D eigenvalue weighted by Gasteiger charge is -2.35. The van der Waals surface area contributed by atoms with Crippen LogP contribution in [0.5, 0.6) is 5.75 Å². The van der Waals surface area contributed by atoms with Gasteiger partial charge in [0, 0.05) is 44.5 Å². The average molecular weight is 271 g/mol. The number of methoxy groups -OCH3 is 2. The molecule has 0 amide bonds. The van der Waals surface area contributed by atoms with Crippen molar-refractivity contribution in [2.75, 3.05) is 45.4 Å². The van der Waals surface area contributed by atoms with Gasteiger partial charge in [-0.3, -0.25) is 0 Å². The number of anilines is 1. The molecule has 1 aromatic carbocycles. The Balaban J connectivity index is 2.10. The van der Waals surface area contributed by atoms with Crippen LogP contribution in [-0.4, -0.2) is 46.5 Å². The highest BCUT2D eigenvalue weighted by Crippen LogP contribution is 2.29. The van der Waals surface area contributed by atoms with Gasteiger partial charge >= 0.3 is 0 Å². The quantitative estimate of drug-likeness (QED) is 0.904. The third kappa shape index (κ3) is 3.07. The molecule has 0 bridgehead atoms. The van der Waals surface area contributed by atoms with E-state index in [0.717, 1.165) is 37.7 Å². The van der Waals surface area contributed by atoms with Gasteiger partial charge in [-0.05, 0) is 12.1 Å². The van der Waals surface area contributed by atoms with Gasteiger partial charge in [-0.15, -0.1) is 0 Å². The van der Waals surface area contributed by atoms with Crippen LogP contribution in [0.2, 0.25) is 5.02 Å². The van der Waals surface area contributed by atoms with Crippen molar-refractivity contribution in [3.63, 3.8) is 0 Å². The third-order valence-electron chi connectivity index (χ3n) is 3.12. The standard InChI is InChI=1S/C13H19ClN2O2/c1-17-9-10-8-16(6-5-15-10)11-3-4-12(14)13(7-11)18-2/h3-4,7,10,15H,5-6,8-9H2,1-2H3/t10-/m1/s1. The third-order valence-corrected chi connectivity index (χ3v) is 3.44. The molecular formula is C13H19ClN2O2. The largest absolute Gasteiger partial charge is 0.495 e. The summed E-state index contributed by atoms with van der Waals surface area (Å²) in [7, 11) is 3.36. The van der Waals surface area contributed by atoms with E-state index in [4.69, 9.17) is 21.1 Å². The van der Waals surface area contributed by atoms with Gasteiger partial charge in [-0.2, -0.15) is 0 Å². The number of ether oxygens (including phenoxy) is 2. The molecule has 1 aromatic rings. The highest BCUT2D eigenvalue weighted by Gasteiger charge is 2.19. The Labute approximate surface area is 113 Å². The van der Waals surface area contributed by atoms with Crippen molar-refractivity contribution in [3.05, 3.63) is 23.2 Å². The first-order chi connectivity index (χ1) is 8.74. The molecule has 1 heterocycles. The van der Waals surface area contributed by atoms with Crippen molar-refractivity contribution >= 4 is 17.3 Å². The second-order valence-electron chi connectivity index (χ2n) is 4.37. The Morgan fingerprint density at radius 3 is 3.00 bits per heavy atom. The number of benzene rings is 1. The fourth-order valence-electron chi connectivity index (χ4n) is 2.22. The smallest absolute Gasteiger partial charge is 0.139 e. The maximum Gasteiger partial charge on any atom is 0.139 e. The molecule has 0 saturated carbocycles. The number of hydrogen-bond donors (Lipinski definition) is 1. The molecule has 1 N–H and O–H groups in total. The van der Waals surface area contributed by atoms with Crippen LogP contribution >= 0.6 is 11.6 Å². The fourth-order valence-corrected chi connectivity index (χ4v) is 2.41. The summed E-state index contributed by atoms with van der Waals surface area (Å²) in [5.41, 5.74) is 1.14. The lowest BCUT2D eigenvalue weighted by Crippen LogP contribution is -2.52. The Morgan fingerprint density at radius 2 is 2.28 bits per heavy atom. The zero-order valence-corrected chi connectivity index (χ0v) is 11.5. The predicted octanol–water partition coefficient (Wildman–Crippen LogP) is 1.77. The van der Waals surface area contributed by atoms with Gasteiger partial charge < -0.3 is 19.7 Å². The number of nitrogens with one attached hydrogen (secondary N) is 1. The van der Waals surface area contributed by atoms with E-state index in [-0.39, 0.29) is 0 Å². The van der Waals surface area contributed by atoms with Crippen molar-refractivity contribution in [1.82, 2.24) is 5.32 Å². The highest BCUT2D eigenvalue weighted by atomic mass is 35.5. The van der Waals surface area contributed by atoms with Crippen molar-refractivity contribution in [2.24, 2.45) is 0 Å². The first kappa shape index (κ1) is 13.5. The summed E-state index contributed by atoms with van der Waals surface area (Å²) in [6.45, 7) is 3.59. The lowest BCUT2D eigenvalue weighted by atomic mass is 10.2. The van der Waals surface area contributed by atoms with Crippen LogP contribution in [0.1, 0.15) is 0 Å². The number of piperazine rings is 1. The molecule has 0 unspecified atom stereocenters. The molecule has 4 nitrogen and oxygen atoms in total. The normalized spacial score (nSPS) is 19.9. The first-order valence-corrected chi connectivity index (χ1v) is 6.43. The van der Waals surface area contributed by atoms with E-state index in [2.05, 4.69) is 10.2 Å². The minimum Gasteiger partial charge on any atom is -0.495 e. The van der Waals surface area contributed by atoms with E-state index in [1.165, 1.54) is 0 Å². The Hall–Kier alpha value is -0.970. The monoisotopic (exact) mass is 270 g/mol. The first-order valence-electron chi connectivity index (χ1n) is 6.05. The molecular weight excluding hydrogens is 252 g/mol. The number of rotatable bonds is 4. The zero-order chi connectivity index (χ0) is 13.0. The predicted molar refractivity (Wildman–Crippen MR) is 73.9 cm³/mol. The van der Waals surface area contributed by atoms with Crippen LogP contribution in [0.25, 0.3) is 0 Å². The van der Waals surface area contributed by atoms with Gasteiger partial charge in [0.15, 0.2) is 0 Å². The van der Waals surface area contributed by atoms with E-state index in [9.17, 15) is 0 Å². The summed E-state index contributed by atoms with van der Waals surface area (Å²) < 4.78 is 10.4. The molecule has 0 radical (unpaired) electrons. The average Bonchev–Trinajstić information content (AvgIpc) is 2.40. The molecule has 0 spiro atoms. The topological polar surface area (TPSA) is 33.7 Å². The van der Waals surface area contributed by atoms with Gasteiger partial charge in [-0.25, -0.2) is 0 Å². The molecule has 1 fully saturated rings. The summed E-state index contributed by atoms with van der Waals surface area (Å²) in [5, 5.41) is 4.08. The Kier molecular flexibility index (Phi) is 4.69. The van der Waals surface area contributed by atoms with Gasteiger partial charge in [0.1, 0.15) is 5.75 Å². The van der Waals surface area contributed by atoms with Crippen LogP contribution in [0, 0.1) is 0 Å². The van der Waals surface area contributed by atoms with Crippen molar-refractivity contribution in [1.29, 1.82) is 0 Å². The Morgan fingerprint density at radius 1 is 1.44 bits per heavy atom. The van der Waals surface area contributed by atoms with Gasteiger partial charge in [0.25, 0.3) is 0 Å². The summed E-state index contributed by atoms with van der Waals surface area (Å²) in [6.07, 6.45) is 0. The second-order valence-corrected chi connectivity index (χ2v) is 4.78. The number of nitrogens with zero attached hydrogens (tertiary/aromatic N) is 1. The van der Waals surface area contributed by atoms with Crippen LogP contribution in [0.4, 0.5) is 5.69 Å². The van der Waals surface area contributed by atoms with Crippen molar-refractivity contribution in [3.8, 4) is 5.75 Å². The lowest BCUT2D eigenvalue weighted by molar-refractivity contribution is 0.163. The van der Waals surface area contributed by atoms with E-state index in [0.29, 0.717) is 11.1 Å². The Bertz CT molecular complexity index is 399. The summed E-state index contributed by atoms with van der Waals surface area (Å²) in [6, 6.07) is 6.26. The molecule has 100 valence electrons. The molecule has 1 aliphatic rings. The van der Waals surface area contributed by atoms with Crippen LogP contribution in [-0.2, 0) is 4.74 Å². The van der Waals surface area contributed by atoms with Crippen LogP contribution in [0.15, 0.2) is 18.2 Å². The number of hydrogen-bond acceptors (Lipinski definition) is 4. The maximum atomic E-state index is 6.04. The SMILES string of the molecule is COC[C@H]1CN(c2ccc(Cl)c(OC)c2)CCN1. The van der Waals surface area contributed by atoms with E-state index >= 15 is 0 Å². The van der Waals surface area contributed by atoms with E-state index in [1.54, 1.807) is 14.2 Å². The molecule has 0 aliphatic carbocycles. The van der Waals surface area contributed by atoms with E-state index < -0.39 is 0 Å². The molecule has 1 saturated heterocycles. The molecule has 2 rings (SSSR count). The second kappa shape index (κ2) is 6.27. The molecule has 1 atom stereocenters. The molecule has 5 heteroatoms. The molecule has 1 aliphatic heterocycles. The van der Waals surface area contributed by atoms with Gasteiger partial charge in [0.2, 0.25) is 0 Å². The van der Waals surface area contributed by atoms with Crippen LogP contribution < -0.4 is 15.0 Å². The minimum absolute atomic E-state index is 0.366. The zero-order valence-electron chi connectivity index (χ0n) is 10.8. The molecule has 0 aromatic heterocycles. The fraction of sp³-hybridized carbons (Fsp3) is 0.538. The van der Waals surface area contributed by atoms with Crippen molar-refractivity contribution in [2.45, 2.75) is 6.04 Å². The van der Waals surface area contributed by atoms with Gasteiger partial charge in [0.05, 0.1) is 18.7 Å². The van der Waals surface area contributed by atoms with Crippen LogP contribution in [0.3, 0.4) is 0 Å². The van der Waals surface area contributed by atoms with E-state index in [1.807, 2.05) is 18.2 Å². The van der Waals surface area contributed by atoms with Crippen molar-refractivity contribution < 1.29 is 9.47 Å². The number of halogens is 1. The maximum absolute atomic E-state index is 6.04. The summed E-state index contributed by atoms with van der Waals surface area (Å²) in [4.78, 5) is 2.32. The van der Waals surface area contributed by atoms with Gasteiger partial charge in [-0.1, -0.05) is 11.6 Å². The highest BCUT2D eigenvalue weighted by molar-refractivity contribution is 6.32. The summed E-state index contributed by atoms with van der Waals surface area (Å²) >= 11 is 6.04. The summed E-state index contributed by atoms with van der Waals surface area (Å²) in [5.74, 6) is 0.719.